The molecule has 78 valence electrons. The predicted molar refractivity (Wildman–Crippen MR) is 57.1 cm³/mol. The maximum absolute atomic E-state index is 10.3. The SMILES string of the molecule is N[C@@H](CCCCCCCBr)C(=O)O. The Balaban J connectivity index is 3.11. The number of hydrogen-bond acceptors (Lipinski definition) is 2. The van der Waals surface area contributed by atoms with Crippen molar-refractivity contribution in [3.8, 4) is 0 Å². The molecule has 0 spiro atoms. The highest BCUT2D eigenvalue weighted by Crippen LogP contribution is 2.07. The predicted octanol–water partition coefficient (Wildman–Crippen LogP) is 2.13. The molecule has 13 heavy (non-hydrogen) atoms. The fourth-order valence-corrected chi connectivity index (χ4v) is 1.51. The maximum atomic E-state index is 10.3. The van der Waals surface area contributed by atoms with Crippen molar-refractivity contribution in [2.24, 2.45) is 5.73 Å². The molecular formula is C9H18BrNO2. The van der Waals surface area contributed by atoms with Crippen molar-refractivity contribution in [3.63, 3.8) is 0 Å². The van der Waals surface area contributed by atoms with Gasteiger partial charge < -0.3 is 10.8 Å². The molecule has 3 N–H and O–H groups in total. The summed E-state index contributed by atoms with van der Waals surface area (Å²) in [6, 6.07) is -0.670. The minimum Gasteiger partial charge on any atom is -0.480 e. The van der Waals surface area contributed by atoms with Crippen molar-refractivity contribution >= 4 is 21.9 Å². The van der Waals surface area contributed by atoms with E-state index in [1.54, 1.807) is 0 Å². The highest BCUT2D eigenvalue weighted by molar-refractivity contribution is 9.09. The minimum absolute atomic E-state index is 0.601. The zero-order chi connectivity index (χ0) is 10.1. The lowest BCUT2D eigenvalue weighted by atomic mass is 10.1. The van der Waals surface area contributed by atoms with Gasteiger partial charge >= 0.3 is 5.97 Å². The van der Waals surface area contributed by atoms with E-state index in [2.05, 4.69) is 15.9 Å². The number of nitrogens with two attached hydrogens (primary N) is 1. The summed E-state index contributed by atoms with van der Waals surface area (Å²) in [6.45, 7) is 0. The number of rotatable bonds is 8. The lowest BCUT2D eigenvalue weighted by Crippen LogP contribution is -2.29. The standard InChI is InChI=1S/C9H18BrNO2/c10-7-5-3-1-2-4-6-8(11)9(12)13/h8H,1-7,11H2,(H,12,13)/t8-/m0/s1. The fraction of sp³-hybridized carbons (Fsp3) is 0.889. The Labute approximate surface area is 87.8 Å². The van der Waals surface area contributed by atoms with E-state index >= 15 is 0 Å². The first-order valence-electron chi connectivity index (χ1n) is 4.73. The first-order valence-corrected chi connectivity index (χ1v) is 5.85. The number of carboxylic acid groups (broad SMARTS) is 1. The Bertz CT molecular complexity index is 142. The zero-order valence-electron chi connectivity index (χ0n) is 7.84. The molecule has 0 heterocycles. The first-order chi connectivity index (χ1) is 6.18. The summed E-state index contributed by atoms with van der Waals surface area (Å²) in [6.07, 6.45) is 6.21. The smallest absolute Gasteiger partial charge is 0.320 e. The van der Waals surface area contributed by atoms with Crippen LogP contribution in [-0.2, 0) is 4.79 Å². The lowest BCUT2D eigenvalue weighted by molar-refractivity contribution is -0.138. The molecule has 0 aromatic rings. The summed E-state index contributed by atoms with van der Waals surface area (Å²) in [5.74, 6) is -0.888. The molecule has 0 aromatic carbocycles. The third-order valence-corrected chi connectivity index (χ3v) is 2.53. The van der Waals surface area contributed by atoms with Gasteiger partial charge in [0.2, 0.25) is 0 Å². The topological polar surface area (TPSA) is 63.3 Å². The Kier molecular flexibility index (Phi) is 8.45. The number of carbonyl (C=O) groups is 1. The number of alkyl halides is 1. The highest BCUT2D eigenvalue weighted by Gasteiger charge is 2.09. The second kappa shape index (κ2) is 8.51. The van der Waals surface area contributed by atoms with Crippen molar-refractivity contribution in [2.45, 2.75) is 44.6 Å². The second-order valence-corrected chi connectivity index (χ2v) is 3.98. The number of halogens is 1. The van der Waals surface area contributed by atoms with Gasteiger partial charge in [0.15, 0.2) is 0 Å². The summed E-state index contributed by atoms with van der Waals surface area (Å²) in [5, 5.41) is 9.55. The normalized spacial score (nSPS) is 12.8. The van der Waals surface area contributed by atoms with Gasteiger partial charge in [-0.1, -0.05) is 41.6 Å². The van der Waals surface area contributed by atoms with Gasteiger partial charge in [0.25, 0.3) is 0 Å². The number of carboxylic acids is 1. The van der Waals surface area contributed by atoms with E-state index in [1.165, 1.54) is 19.3 Å². The van der Waals surface area contributed by atoms with Crippen LogP contribution in [0.4, 0.5) is 0 Å². The third-order valence-electron chi connectivity index (χ3n) is 1.97. The monoisotopic (exact) mass is 251 g/mol. The number of hydrogen-bond donors (Lipinski definition) is 2. The Morgan fingerprint density at radius 2 is 1.77 bits per heavy atom. The van der Waals surface area contributed by atoms with E-state index in [0.717, 1.165) is 18.2 Å². The first kappa shape index (κ1) is 12.9. The van der Waals surface area contributed by atoms with Crippen LogP contribution in [0.2, 0.25) is 0 Å². The molecule has 0 saturated heterocycles. The van der Waals surface area contributed by atoms with E-state index in [0.29, 0.717) is 6.42 Å². The molecule has 0 radical (unpaired) electrons. The Hall–Kier alpha value is -0.0900. The molecule has 0 unspecified atom stereocenters. The van der Waals surface area contributed by atoms with Gasteiger partial charge in [0, 0.05) is 5.33 Å². The molecule has 0 saturated carbocycles. The second-order valence-electron chi connectivity index (χ2n) is 3.19. The third kappa shape index (κ3) is 8.25. The molecular weight excluding hydrogens is 234 g/mol. The van der Waals surface area contributed by atoms with Crippen LogP contribution in [0.15, 0.2) is 0 Å². The van der Waals surface area contributed by atoms with Crippen LogP contribution in [0, 0.1) is 0 Å². The van der Waals surface area contributed by atoms with Gasteiger partial charge in [0.05, 0.1) is 0 Å². The van der Waals surface area contributed by atoms with Crippen molar-refractivity contribution in [3.05, 3.63) is 0 Å². The van der Waals surface area contributed by atoms with Crippen molar-refractivity contribution in [1.29, 1.82) is 0 Å². The lowest BCUT2D eigenvalue weighted by Gasteiger charge is -2.05. The van der Waals surface area contributed by atoms with Gasteiger partial charge in [0.1, 0.15) is 6.04 Å². The fourth-order valence-electron chi connectivity index (χ4n) is 1.11. The quantitative estimate of drug-likeness (QED) is 0.513. The van der Waals surface area contributed by atoms with E-state index in [4.69, 9.17) is 10.8 Å². The van der Waals surface area contributed by atoms with Crippen molar-refractivity contribution < 1.29 is 9.90 Å². The molecule has 0 aliphatic rings. The molecule has 0 amide bonds. The molecule has 0 aromatic heterocycles. The molecule has 1 atom stereocenters. The van der Waals surface area contributed by atoms with E-state index < -0.39 is 12.0 Å². The van der Waals surface area contributed by atoms with Gasteiger partial charge in [-0.15, -0.1) is 0 Å². The molecule has 3 nitrogen and oxygen atoms in total. The van der Waals surface area contributed by atoms with Crippen LogP contribution in [0.5, 0.6) is 0 Å². The van der Waals surface area contributed by atoms with E-state index in [9.17, 15) is 4.79 Å². The van der Waals surface area contributed by atoms with Gasteiger partial charge in [-0.25, -0.2) is 0 Å². The molecule has 0 fully saturated rings. The molecule has 0 rings (SSSR count). The van der Waals surface area contributed by atoms with Crippen LogP contribution in [0.3, 0.4) is 0 Å². The highest BCUT2D eigenvalue weighted by atomic mass is 79.9. The van der Waals surface area contributed by atoms with Crippen LogP contribution in [0.1, 0.15) is 38.5 Å². The van der Waals surface area contributed by atoms with Crippen molar-refractivity contribution in [1.82, 2.24) is 0 Å². The molecule has 0 aliphatic carbocycles. The van der Waals surface area contributed by atoms with Gasteiger partial charge in [-0.2, -0.15) is 0 Å². The maximum Gasteiger partial charge on any atom is 0.320 e. The van der Waals surface area contributed by atoms with Gasteiger partial charge in [-0.3, -0.25) is 4.79 Å². The summed E-state index contributed by atoms with van der Waals surface area (Å²) < 4.78 is 0. The number of unbranched alkanes of at least 4 members (excludes halogenated alkanes) is 4. The van der Waals surface area contributed by atoms with Crippen LogP contribution >= 0.6 is 15.9 Å². The summed E-state index contributed by atoms with van der Waals surface area (Å²) in [5.41, 5.74) is 5.35. The average Bonchev–Trinajstić information content (AvgIpc) is 2.10. The van der Waals surface area contributed by atoms with Crippen LogP contribution in [0.25, 0.3) is 0 Å². The molecule has 0 aliphatic heterocycles. The Morgan fingerprint density at radius 1 is 1.23 bits per heavy atom. The van der Waals surface area contributed by atoms with Crippen LogP contribution < -0.4 is 5.73 Å². The summed E-state index contributed by atoms with van der Waals surface area (Å²) in [4.78, 5) is 10.3. The Morgan fingerprint density at radius 3 is 2.31 bits per heavy atom. The van der Waals surface area contributed by atoms with Crippen LogP contribution in [-0.4, -0.2) is 22.4 Å². The molecule has 4 heteroatoms. The summed E-state index contributed by atoms with van der Waals surface area (Å²) >= 11 is 3.36. The molecule has 0 bridgehead atoms. The number of aliphatic carboxylic acids is 1. The van der Waals surface area contributed by atoms with E-state index in [1.807, 2.05) is 0 Å². The zero-order valence-corrected chi connectivity index (χ0v) is 9.42. The van der Waals surface area contributed by atoms with Gasteiger partial charge in [-0.05, 0) is 12.8 Å². The summed E-state index contributed by atoms with van der Waals surface area (Å²) in [7, 11) is 0. The average molecular weight is 252 g/mol. The van der Waals surface area contributed by atoms with Crippen molar-refractivity contribution in [2.75, 3.05) is 5.33 Å². The largest absolute Gasteiger partial charge is 0.480 e. The minimum atomic E-state index is -0.888. The van der Waals surface area contributed by atoms with E-state index in [-0.39, 0.29) is 0 Å².